The van der Waals surface area contributed by atoms with Crippen molar-refractivity contribution >= 4 is 25.8 Å². The molecule has 1 fully saturated rings. The Morgan fingerprint density at radius 2 is 1.80 bits per heavy atom. The van der Waals surface area contributed by atoms with Crippen molar-refractivity contribution in [2.45, 2.75) is 17.7 Å². The van der Waals surface area contributed by atoms with Gasteiger partial charge in [0.2, 0.25) is 0 Å². The zero-order chi connectivity index (χ0) is 14.6. The van der Waals surface area contributed by atoms with E-state index < -0.39 is 9.84 Å². The number of rotatable bonds is 5. The van der Waals surface area contributed by atoms with Crippen molar-refractivity contribution < 1.29 is 8.42 Å². The van der Waals surface area contributed by atoms with Gasteiger partial charge in [0.05, 0.1) is 10.6 Å². The van der Waals surface area contributed by atoms with Gasteiger partial charge in [0.15, 0.2) is 9.84 Å². The second-order valence-electron chi connectivity index (χ2n) is 5.29. The van der Waals surface area contributed by atoms with E-state index in [0.29, 0.717) is 17.4 Å². The first-order chi connectivity index (χ1) is 9.51. The Hall–Kier alpha value is -0.430. The highest BCUT2D eigenvalue weighted by Crippen LogP contribution is 2.18. The molecule has 1 saturated heterocycles. The van der Waals surface area contributed by atoms with E-state index in [1.807, 2.05) is 0 Å². The molecule has 112 valence electrons. The molecule has 1 aliphatic rings. The monoisotopic (exact) mass is 360 g/mol. The van der Waals surface area contributed by atoms with Crippen molar-refractivity contribution in [3.8, 4) is 0 Å². The molecule has 0 amide bonds. The lowest BCUT2D eigenvalue weighted by molar-refractivity contribution is 0.196. The van der Waals surface area contributed by atoms with Crippen LogP contribution in [0.3, 0.4) is 0 Å². The number of hydrogen-bond acceptors (Lipinski definition) is 4. The van der Waals surface area contributed by atoms with Crippen LogP contribution >= 0.6 is 15.9 Å². The maximum Gasteiger partial charge on any atom is 0.179 e. The zero-order valence-corrected chi connectivity index (χ0v) is 13.9. The number of nitrogens with zero attached hydrogens (tertiary/aromatic N) is 1. The number of likely N-dealkylation sites (tertiary alicyclic amines) is 1. The minimum absolute atomic E-state index is 0.182. The van der Waals surface area contributed by atoms with Crippen LogP contribution in [0.15, 0.2) is 33.6 Å². The molecule has 1 aliphatic heterocycles. The van der Waals surface area contributed by atoms with Crippen LogP contribution in [0, 0.1) is 5.92 Å². The summed E-state index contributed by atoms with van der Waals surface area (Å²) >= 11 is 3.31. The summed E-state index contributed by atoms with van der Waals surface area (Å²) in [5.74, 6) is 0.788. The summed E-state index contributed by atoms with van der Waals surface area (Å²) < 4.78 is 25.4. The number of piperidine rings is 1. The average Bonchev–Trinajstić information content (AvgIpc) is 2.46. The van der Waals surface area contributed by atoms with Crippen molar-refractivity contribution in [2.75, 3.05) is 31.9 Å². The summed E-state index contributed by atoms with van der Waals surface area (Å²) in [7, 11) is -3.18. The first-order valence-electron chi connectivity index (χ1n) is 6.92. The molecule has 0 atom stereocenters. The predicted molar refractivity (Wildman–Crippen MR) is 84.4 cm³/mol. The van der Waals surface area contributed by atoms with Crippen LogP contribution in [0.5, 0.6) is 0 Å². The van der Waals surface area contributed by atoms with Crippen molar-refractivity contribution in [2.24, 2.45) is 11.7 Å². The van der Waals surface area contributed by atoms with E-state index in [2.05, 4.69) is 20.8 Å². The van der Waals surface area contributed by atoms with Gasteiger partial charge >= 0.3 is 0 Å². The Balaban J connectivity index is 1.88. The van der Waals surface area contributed by atoms with E-state index in [1.54, 1.807) is 24.3 Å². The van der Waals surface area contributed by atoms with Gasteiger partial charge in [-0.05, 0) is 62.7 Å². The summed E-state index contributed by atoms with van der Waals surface area (Å²) in [4.78, 5) is 2.63. The maximum atomic E-state index is 12.2. The van der Waals surface area contributed by atoms with Crippen molar-refractivity contribution in [1.29, 1.82) is 0 Å². The second-order valence-corrected chi connectivity index (χ2v) is 8.32. The number of hydrogen-bond donors (Lipinski definition) is 1. The Labute approximate surface area is 129 Å². The van der Waals surface area contributed by atoms with E-state index in [0.717, 1.165) is 36.9 Å². The van der Waals surface area contributed by atoms with Crippen LogP contribution in [0.25, 0.3) is 0 Å². The van der Waals surface area contributed by atoms with E-state index in [4.69, 9.17) is 5.73 Å². The smallest absolute Gasteiger partial charge is 0.179 e. The molecule has 0 spiro atoms. The highest BCUT2D eigenvalue weighted by Gasteiger charge is 2.21. The molecule has 0 saturated carbocycles. The normalized spacial score (nSPS) is 18.3. The lowest BCUT2D eigenvalue weighted by Crippen LogP contribution is -2.38. The van der Waals surface area contributed by atoms with E-state index in [-0.39, 0.29) is 5.75 Å². The fourth-order valence-corrected chi connectivity index (χ4v) is 4.00. The van der Waals surface area contributed by atoms with Crippen LogP contribution < -0.4 is 5.73 Å². The highest BCUT2D eigenvalue weighted by atomic mass is 79.9. The van der Waals surface area contributed by atoms with Gasteiger partial charge in [-0.2, -0.15) is 0 Å². The van der Waals surface area contributed by atoms with Gasteiger partial charge in [-0.3, -0.25) is 0 Å². The fraction of sp³-hybridized carbons (Fsp3) is 0.571. The summed E-state index contributed by atoms with van der Waals surface area (Å²) in [5.41, 5.74) is 5.66. The first-order valence-corrected chi connectivity index (χ1v) is 9.36. The first kappa shape index (κ1) is 15.9. The zero-order valence-electron chi connectivity index (χ0n) is 11.5. The third-order valence-corrected chi connectivity index (χ3v) is 6.13. The third-order valence-electron chi connectivity index (χ3n) is 3.89. The topological polar surface area (TPSA) is 63.4 Å². The molecule has 0 radical (unpaired) electrons. The van der Waals surface area contributed by atoms with E-state index in [9.17, 15) is 8.42 Å². The minimum Gasteiger partial charge on any atom is -0.330 e. The second kappa shape index (κ2) is 7.02. The third kappa shape index (κ3) is 4.28. The Morgan fingerprint density at radius 1 is 1.20 bits per heavy atom. The van der Waals surface area contributed by atoms with E-state index >= 15 is 0 Å². The van der Waals surface area contributed by atoms with Gasteiger partial charge in [-0.1, -0.05) is 15.9 Å². The van der Waals surface area contributed by atoms with E-state index in [1.165, 1.54) is 0 Å². The molecule has 2 N–H and O–H groups in total. The fourth-order valence-electron chi connectivity index (χ4n) is 2.45. The predicted octanol–water partition coefficient (Wildman–Crippen LogP) is 1.89. The lowest BCUT2D eigenvalue weighted by Gasteiger charge is -2.31. The maximum absolute atomic E-state index is 12.2. The summed E-state index contributed by atoms with van der Waals surface area (Å²) in [6.45, 7) is 3.26. The van der Waals surface area contributed by atoms with Gasteiger partial charge in [-0.15, -0.1) is 0 Å². The number of halogens is 1. The van der Waals surface area contributed by atoms with Crippen molar-refractivity contribution in [1.82, 2.24) is 4.90 Å². The van der Waals surface area contributed by atoms with Gasteiger partial charge in [0, 0.05) is 11.0 Å². The molecule has 4 nitrogen and oxygen atoms in total. The quantitative estimate of drug-likeness (QED) is 0.870. The van der Waals surface area contributed by atoms with Crippen LogP contribution in [0.1, 0.15) is 12.8 Å². The number of nitrogens with two attached hydrogens (primary N) is 1. The summed E-state index contributed by atoms with van der Waals surface area (Å²) in [6, 6.07) is 6.83. The van der Waals surface area contributed by atoms with Crippen LogP contribution in [0.4, 0.5) is 0 Å². The summed E-state index contributed by atoms with van der Waals surface area (Å²) in [6.07, 6.45) is 2.16. The van der Waals surface area contributed by atoms with Gasteiger partial charge in [0.1, 0.15) is 0 Å². The van der Waals surface area contributed by atoms with Gasteiger partial charge in [0.25, 0.3) is 0 Å². The van der Waals surface area contributed by atoms with Crippen molar-refractivity contribution in [3.63, 3.8) is 0 Å². The van der Waals surface area contributed by atoms with Crippen molar-refractivity contribution in [3.05, 3.63) is 28.7 Å². The average molecular weight is 361 g/mol. The van der Waals surface area contributed by atoms with Crippen LogP contribution in [-0.4, -0.2) is 45.2 Å². The molecule has 0 aromatic heterocycles. The molecular weight excluding hydrogens is 340 g/mol. The molecule has 20 heavy (non-hydrogen) atoms. The van der Waals surface area contributed by atoms with Crippen LogP contribution in [-0.2, 0) is 9.84 Å². The SMILES string of the molecule is NCC1CCN(CCS(=O)(=O)c2ccc(Br)cc2)CC1. The molecule has 0 aliphatic carbocycles. The molecule has 1 aromatic rings. The molecule has 0 bridgehead atoms. The Morgan fingerprint density at radius 3 is 2.35 bits per heavy atom. The Kier molecular flexibility index (Phi) is 5.60. The standard InChI is InChI=1S/C14H21BrN2O2S/c15-13-1-3-14(4-2-13)20(18,19)10-9-17-7-5-12(11-16)6-8-17/h1-4,12H,5-11,16H2. The van der Waals surface area contributed by atoms with Crippen LogP contribution in [0.2, 0.25) is 0 Å². The molecular formula is C14H21BrN2O2S. The molecule has 2 rings (SSSR count). The van der Waals surface area contributed by atoms with Gasteiger partial charge < -0.3 is 10.6 Å². The Bertz CT molecular complexity index is 523. The molecule has 0 unspecified atom stereocenters. The lowest BCUT2D eigenvalue weighted by atomic mass is 9.97. The number of sulfone groups is 1. The number of benzene rings is 1. The highest BCUT2D eigenvalue weighted by molar-refractivity contribution is 9.10. The summed E-state index contributed by atoms with van der Waals surface area (Å²) in [5, 5.41) is 0. The minimum atomic E-state index is -3.18. The molecule has 6 heteroatoms. The van der Waals surface area contributed by atoms with Gasteiger partial charge in [-0.25, -0.2) is 8.42 Å². The largest absolute Gasteiger partial charge is 0.330 e. The molecule has 1 heterocycles. The molecule has 1 aromatic carbocycles.